The second kappa shape index (κ2) is 9.72. The van der Waals surface area contributed by atoms with E-state index in [1.165, 1.54) is 0 Å². The number of amides is 2. The summed E-state index contributed by atoms with van der Waals surface area (Å²) in [5, 5.41) is 3.15. The molecule has 2 saturated heterocycles. The molecule has 2 aliphatic rings. The van der Waals surface area contributed by atoms with Gasteiger partial charge in [0.1, 0.15) is 0 Å². The first-order valence-electron chi connectivity index (χ1n) is 10.8. The molecule has 2 aliphatic heterocycles. The van der Waals surface area contributed by atoms with E-state index in [0.717, 1.165) is 49.5 Å². The molecule has 160 valence electrons. The third kappa shape index (κ3) is 5.37. The zero-order valence-corrected chi connectivity index (χ0v) is 18.2. The first kappa shape index (κ1) is 21.8. The third-order valence-electron chi connectivity index (χ3n) is 6.18. The standard InChI is InChI=1S/C23H35N3O3/c1-16(2)12-20(25-8-10-29-11-9-25)14-24-23(28)19-13-22(27)26(15-19)21-7-5-6-17(3)18(21)4/h5-7,16,19-20H,8-15H2,1-4H3,(H,24,28)/t19-,20-/m1/s1. The first-order valence-corrected chi connectivity index (χ1v) is 10.8. The van der Waals surface area contributed by atoms with Crippen LogP contribution in [0.3, 0.4) is 0 Å². The van der Waals surface area contributed by atoms with Gasteiger partial charge in [-0.1, -0.05) is 26.0 Å². The maximum atomic E-state index is 12.9. The van der Waals surface area contributed by atoms with Gasteiger partial charge in [-0.2, -0.15) is 0 Å². The number of hydrogen-bond donors (Lipinski definition) is 1. The molecule has 2 atom stereocenters. The molecule has 3 rings (SSSR count). The number of rotatable bonds is 7. The Balaban J connectivity index is 1.60. The molecule has 2 amide bonds. The van der Waals surface area contributed by atoms with Crippen LogP contribution in [0, 0.1) is 25.7 Å². The number of carbonyl (C=O) groups is 2. The normalized spacial score (nSPS) is 21.6. The van der Waals surface area contributed by atoms with Gasteiger partial charge in [-0.25, -0.2) is 0 Å². The van der Waals surface area contributed by atoms with E-state index in [0.29, 0.717) is 25.0 Å². The number of benzene rings is 1. The summed E-state index contributed by atoms with van der Waals surface area (Å²) in [5.74, 6) is 0.304. The van der Waals surface area contributed by atoms with Crippen LogP contribution in [-0.4, -0.2) is 62.1 Å². The summed E-state index contributed by atoms with van der Waals surface area (Å²) in [5.41, 5.74) is 3.19. The number of hydrogen-bond acceptors (Lipinski definition) is 4. The molecule has 29 heavy (non-hydrogen) atoms. The van der Waals surface area contributed by atoms with Crippen molar-refractivity contribution in [3.8, 4) is 0 Å². The Morgan fingerprint density at radius 1 is 1.24 bits per heavy atom. The topological polar surface area (TPSA) is 61.9 Å². The average Bonchev–Trinajstić information content (AvgIpc) is 3.09. The molecule has 2 heterocycles. The van der Waals surface area contributed by atoms with Crippen LogP contribution in [0.25, 0.3) is 0 Å². The van der Waals surface area contributed by atoms with Crippen LogP contribution in [0.1, 0.15) is 37.8 Å². The molecule has 0 unspecified atom stereocenters. The summed E-state index contributed by atoms with van der Waals surface area (Å²) in [6.45, 7) is 12.9. The zero-order chi connectivity index (χ0) is 21.0. The average molecular weight is 402 g/mol. The van der Waals surface area contributed by atoms with E-state index in [9.17, 15) is 9.59 Å². The summed E-state index contributed by atoms with van der Waals surface area (Å²) in [6.07, 6.45) is 1.32. The van der Waals surface area contributed by atoms with Gasteiger partial charge in [0, 0.05) is 44.3 Å². The van der Waals surface area contributed by atoms with E-state index < -0.39 is 0 Å². The SMILES string of the molecule is Cc1cccc(N2C[C@H](C(=O)NC[C@@H](CC(C)C)N3CCOCC3)CC2=O)c1C. The lowest BCUT2D eigenvalue weighted by Crippen LogP contribution is -2.50. The van der Waals surface area contributed by atoms with Crippen molar-refractivity contribution in [3.05, 3.63) is 29.3 Å². The first-order chi connectivity index (χ1) is 13.9. The fourth-order valence-corrected chi connectivity index (χ4v) is 4.36. The van der Waals surface area contributed by atoms with E-state index >= 15 is 0 Å². The Morgan fingerprint density at radius 2 is 1.97 bits per heavy atom. The van der Waals surface area contributed by atoms with Crippen molar-refractivity contribution in [3.63, 3.8) is 0 Å². The van der Waals surface area contributed by atoms with Crippen LogP contribution < -0.4 is 10.2 Å². The quantitative estimate of drug-likeness (QED) is 0.763. The van der Waals surface area contributed by atoms with Crippen LogP contribution in [-0.2, 0) is 14.3 Å². The van der Waals surface area contributed by atoms with Gasteiger partial charge in [0.2, 0.25) is 11.8 Å². The Bertz CT molecular complexity index is 728. The van der Waals surface area contributed by atoms with Gasteiger partial charge in [0.05, 0.1) is 19.1 Å². The van der Waals surface area contributed by atoms with Gasteiger partial charge in [-0.15, -0.1) is 0 Å². The van der Waals surface area contributed by atoms with E-state index in [4.69, 9.17) is 4.74 Å². The molecule has 0 bridgehead atoms. The Kier molecular flexibility index (Phi) is 7.30. The minimum Gasteiger partial charge on any atom is -0.379 e. The minimum atomic E-state index is -0.285. The molecule has 1 aromatic rings. The monoisotopic (exact) mass is 401 g/mol. The second-order valence-electron chi connectivity index (χ2n) is 8.80. The minimum absolute atomic E-state index is 0.00632. The molecular weight excluding hydrogens is 366 g/mol. The van der Waals surface area contributed by atoms with Crippen LogP contribution in [0.2, 0.25) is 0 Å². The largest absolute Gasteiger partial charge is 0.379 e. The zero-order valence-electron chi connectivity index (χ0n) is 18.2. The Labute approximate surface area is 174 Å². The third-order valence-corrected chi connectivity index (χ3v) is 6.18. The number of carbonyl (C=O) groups excluding carboxylic acids is 2. The van der Waals surface area contributed by atoms with E-state index in [2.05, 4.69) is 24.1 Å². The van der Waals surface area contributed by atoms with Gasteiger partial charge in [0.15, 0.2) is 0 Å². The highest BCUT2D eigenvalue weighted by molar-refractivity contribution is 6.00. The molecule has 0 radical (unpaired) electrons. The number of morpholine rings is 1. The lowest BCUT2D eigenvalue weighted by Gasteiger charge is -2.35. The molecule has 0 aromatic heterocycles. The number of aryl methyl sites for hydroxylation is 1. The molecule has 2 fully saturated rings. The van der Waals surface area contributed by atoms with Gasteiger partial charge in [0.25, 0.3) is 0 Å². The van der Waals surface area contributed by atoms with E-state index in [1.54, 1.807) is 4.90 Å². The fourth-order valence-electron chi connectivity index (χ4n) is 4.36. The maximum absolute atomic E-state index is 12.9. The van der Waals surface area contributed by atoms with Crippen LogP contribution in [0.4, 0.5) is 5.69 Å². The highest BCUT2D eigenvalue weighted by Gasteiger charge is 2.36. The molecule has 1 N–H and O–H groups in total. The number of nitrogens with zero attached hydrogens (tertiary/aromatic N) is 2. The van der Waals surface area contributed by atoms with Crippen LogP contribution in [0.15, 0.2) is 18.2 Å². The summed E-state index contributed by atoms with van der Waals surface area (Å²) < 4.78 is 5.47. The highest BCUT2D eigenvalue weighted by Crippen LogP contribution is 2.29. The lowest BCUT2D eigenvalue weighted by molar-refractivity contribution is -0.126. The predicted octanol–water partition coefficient (Wildman–Crippen LogP) is 2.52. The van der Waals surface area contributed by atoms with Gasteiger partial charge < -0.3 is 15.0 Å². The molecule has 6 heteroatoms. The Morgan fingerprint density at radius 3 is 2.66 bits per heavy atom. The van der Waals surface area contributed by atoms with Crippen molar-refractivity contribution >= 4 is 17.5 Å². The van der Waals surface area contributed by atoms with Crippen molar-refractivity contribution in [2.75, 3.05) is 44.3 Å². The van der Waals surface area contributed by atoms with E-state index in [-0.39, 0.29) is 24.2 Å². The van der Waals surface area contributed by atoms with Crippen molar-refractivity contribution < 1.29 is 14.3 Å². The predicted molar refractivity (Wildman–Crippen MR) is 115 cm³/mol. The molecule has 0 saturated carbocycles. The number of nitrogens with one attached hydrogen (secondary N) is 1. The molecular formula is C23H35N3O3. The fraction of sp³-hybridized carbons (Fsp3) is 0.652. The summed E-state index contributed by atoms with van der Waals surface area (Å²) >= 11 is 0. The Hall–Kier alpha value is -1.92. The van der Waals surface area contributed by atoms with Gasteiger partial charge in [-0.05, 0) is 43.4 Å². The van der Waals surface area contributed by atoms with Gasteiger partial charge >= 0.3 is 0 Å². The van der Waals surface area contributed by atoms with Gasteiger partial charge in [-0.3, -0.25) is 14.5 Å². The summed E-state index contributed by atoms with van der Waals surface area (Å²) in [4.78, 5) is 29.7. The number of anilines is 1. The molecule has 0 aliphatic carbocycles. The van der Waals surface area contributed by atoms with Crippen molar-refractivity contribution in [1.82, 2.24) is 10.2 Å². The summed E-state index contributed by atoms with van der Waals surface area (Å²) in [6, 6.07) is 6.30. The molecule has 1 aromatic carbocycles. The second-order valence-corrected chi connectivity index (χ2v) is 8.80. The highest BCUT2D eigenvalue weighted by atomic mass is 16.5. The van der Waals surface area contributed by atoms with E-state index in [1.807, 2.05) is 32.0 Å². The maximum Gasteiger partial charge on any atom is 0.227 e. The molecule has 0 spiro atoms. The van der Waals surface area contributed by atoms with Crippen LogP contribution in [0.5, 0.6) is 0 Å². The van der Waals surface area contributed by atoms with Crippen molar-refractivity contribution in [2.24, 2.45) is 11.8 Å². The number of ether oxygens (including phenoxy) is 1. The lowest BCUT2D eigenvalue weighted by atomic mass is 10.0. The van der Waals surface area contributed by atoms with Crippen molar-refractivity contribution in [2.45, 2.75) is 46.6 Å². The van der Waals surface area contributed by atoms with Crippen LogP contribution >= 0.6 is 0 Å². The van der Waals surface area contributed by atoms with Crippen molar-refractivity contribution in [1.29, 1.82) is 0 Å². The molecule has 6 nitrogen and oxygen atoms in total. The summed E-state index contributed by atoms with van der Waals surface area (Å²) in [7, 11) is 0. The smallest absolute Gasteiger partial charge is 0.227 e.